The highest BCUT2D eigenvalue weighted by molar-refractivity contribution is 6.32. The molecule has 1 heterocycles. The van der Waals surface area contributed by atoms with Crippen molar-refractivity contribution < 1.29 is 4.74 Å². The Bertz CT molecular complexity index is 391. The Kier molecular flexibility index (Phi) is 4.72. The zero-order valence-electron chi connectivity index (χ0n) is 11.1. The molecule has 1 fully saturated rings. The number of halogens is 1. The maximum absolute atomic E-state index is 6.06. The van der Waals surface area contributed by atoms with Crippen molar-refractivity contribution in [1.82, 2.24) is 5.32 Å². The lowest BCUT2D eigenvalue weighted by atomic mass is 10.2. The standard InChI is InChI=1S/C14H21ClN2O/c1-3-17(10-11-5-4-8-16-11)12-6-7-13(15)14(9-12)18-2/h6-7,9,11,16H,3-5,8,10H2,1-2H3/t11-/m0/s1. The largest absolute Gasteiger partial charge is 0.495 e. The molecule has 0 radical (unpaired) electrons. The van der Waals surface area contributed by atoms with Gasteiger partial charge in [-0.15, -0.1) is 0 Å². The summed E-state index contributed by atoms with van der Waals surface area (Å²) in [5.74, 6) is 0.743. The molecular weight excluding hydrogens is 248 g/mol. The van der Waals surface area contributed by atoms with E-state index in [0.717, 1.165) is 25.4 Å². The van der Waals surface area contributed by atoms with E-state index in [1.54, 1.807) is 7.11 Å². The van der Waals surface area contributed by atoms with Crippen LogP contribution in [0, 0.1) is 0 Å². The molecule has 100 valence electrons. The first-order valence-corrected chi connectivity index (χ1v) is 6.94. The number of ether oxygens (including phenoxy) is 1. The van der Waals surface area contributed by atoms with Crippen LogP contribution in [0.1, 0.15) is 19.8 Å². The van der Waals surface area contributed by atoms with E-state index in [1.807, 2.05) is 12.1 Å². The SMILES string of the molecule is CCN(C[C@@H]1CCCN1)c1ccc(Cl)c(OC)c1. The summed E-state index contributed by atoms with van der Waals surface area (Å²) in [5.41, 5.74) is 1.17. The molecular formula is C14H21ClN2O. The molecule has 1 N–H and O–H groups in total. The number of hydrogen-bond donors (Lipinski definition) is 1. The summed E-state index contributed by atoms with van der Waals surface area (Å²) in [5, 5.41) is 4.20. The molecule has 0 aromatic heterocycles. The molecule has 1 aromatic carbocycles. The molecule has 3 nitrogen and oxygen atoms in total. The fourth-order valence-corrected chi connectivity index (χ4v) is 2.64. The lowest BCUT2D eigenvalue weighted by Crippen LogP contribution is -2.37. The van der Waals surface area contributed by atoms with Crippen LogP contribution in [0.3, 0.4) is 0 Å². The van der Waals surface area contributed by atoms with Crippen LogP contribution in [0.2, 0.25) is 5.02 Å². The maximum atomic E-state index is 6.06. The highest BCUT2D eigenvalue weighted by Gasteiger charge is 2.18. The van der Waals surface area contributed by atoms with Gasteiger partial charge < -0.3 is 15.0 Å². The Morgan fingerprint density at radius 3 is 2.94 bits per heavy atom. The van der Waals surface area contributed by atoms with Gasteiger partial charge in [-0.05, 0) is 38.4 Å². The van der Waals surface area contributed by atoms with Crippen molar-refractivity contribution in [3.05, 3.63) is 23.2 Å². The molecule has 1 saturated heterocycles. The average Bonchev–Trinajstić information content (AvgIpc) is 2.89. The van der Waals surface area contributed by atoms with Crippen molar-refractivity contribution in [2.24, 2.45) is 0 Å². The van der Waals surface area contributed by atoms with Gasteiger partial charge in [-0.25, -0.2) is 0 Å². The minimum Gasteiger partial charge on any atom is -0.495 e. The number of methoxy groups -OCH3 is 1. The molecule has 18 heavy (non-hydrogen) atoms. The highest BCUT2D eigenvalue weighted by Crippen LogP contribution is 2.29. The zero-order valence-corrected chi connectivity index (χ0v) is 11.8. The third-order valence-electron chi connectivity index (χ3n) is 3.48. The second kappa shape index (κ2) is 6.30. The number of nitrogens with one attached hydrogen (secondary N) is 1. The lowest BCUT2D eigenvalue weighted by Gasteiger charge is -2.27. The molecule has 2 rings (SSSR count). The topological polar surface area (TPSA) is 24.5 Å². The summed E-state index contributed by atoms with van der Waals surface area (Å²) < 4.78 is 5.28. The van der Waals surface area contributed by atoms with Gasteiger partial charge in [0.25, 0.3) is 0 Å². The van der Waals surface area contributed by atoms with E-state index in [1.165, 1.54) is 18.5 Å². The molecule has 4 heteroatoms. The molecule has 1 aliphatic heterocycles. The van der Waals surface area contributed by atoms with E-state index < -0.39 is 0 Å². The van der Waals surface area contributed by atoms with Crippen LogP contribution < -0.4 is 15.0 Å². The molecule has 1 aromatic rings. The molecule has 1 aliphatic rings. The molecule has 0 amide bonds. The molecule has 0 spiro atoms. The van der Waals surface area contributed by atoms with Crippen LogP contribution in [0.4, 0.5) is 5.69 Å². The number of likely N-dealkylation sites (N-methyl/N-ethyl adjacent to an activating group) is 1. The molecule has 1 atom stereocenters. The monoisotopic (exact) mass is 268 g/mol. The van der Waals surface area contributed by atoms with E-state index in [4.69, 9.17) is 16.3 Å². The summed E-state index contributed by atoms with van der Waals surface area (Å²) >= 11 is 6.06. The van der Waals surface area contributed by atoms with Gasteiger partial charge in [0.2, 0.25) is 0 Å². The summed E-state index contributed by atoms with van der Waals surface area (Å²) in [6.45, 7) is 5.35. The van der Waals surface area contributed by atoms with Crippen molar-refractivity contribution in [2.45, 2.75) is 25.8 Å². The highest BCUT2D eigenvalue weighted by atomic mass is 35.5. The smallest absolute Gasteiger partial charge is 0.139 e. The normalized spacial score (nSPS) is 18.9. The predicted octanol–water partition coefficient (Wildman–Crippen LogP) is 2.93. The summed E-state index contributed by atoms with van der Waals surface area (Å²) in [6, 6.07) is 6.58. The minimum absolute atomic E-state index is 0.603. The van der Waals surface area contributed by atoms with Crippen LogP contribution in [0.15, 0.2) is 18.2 Å². The fourth-order valence-electron chi connectivity index (χ4n) is 2.44. The van der Waals surface area contributed by atoms with Crippen molar-refractivity contribution in [3.8, 4) is 5.75 Å². The zero-order chi connectivity index (χ0) is 13.0. The van der Waals surface area contributed by atoms with Crippen LogP contribution in [0.25, 0.3) is 0 Å². The summed E-state index contributed by atoms with van der Waals surface area (Å²) in [7, 11) is 1.65. The van der Waals surface area contributed by atoms with Crippen LogP contribution in [-0.2, 0) is 0 Å². The summed E-state index contributed by atoms with van der Waals surface area (Å²) in [4.78, 5) is 2.36. The van der Waals surface area contributed by atoms with Crippen LogP contribution in [-0.4, -0.2) is 32.8 Å². The number of benzene rings is 1. The van der Waals surface area contributed by atoms with Gasteiger partial charge in [0.05, 0.1) is 12.1 Å². The van der Waals surface area contributed by atoms with E-state index in [9.17, 15) is 0 Å². The Hall–Kier alpha value is -0.930. The molecule has 0 aliphatic carbocycles. The van der Waals surface area contributed by atoms with Gasteiger partial charge in [0.15, 0.2) is 0 Å². The molecule has 0 saturated carbocycles. The first kappa shape index (κ1) is 13.5. The van der Waals surface area contributed by atoms with Gasteiger partial charge in [0.1, 0.15) is 5.75 Å². The first-order chi connectivity index (χ1) is 8.74. The van der Waals surface area contributed by atoms with Crippen molar-refractivity contribution in [3.63, 3.8) is 0 Å². The van der Waals surface area contributed by atoms with E-state index in [-0.39, 0.29) is 0 Å². The second-order valence-electron chi connectivity index (χ2n) is 4.65. The second-order valence-corrected chi connectivity index (χ2v) is 5.06. The Labute approximate surface area is 114 Å². The molecule has 0 unspecified atom stereocenters. The van der Waals surface area contributed by atoms with Crippen LogP contribution >= 0.6 is 11.6 Å². The Morgan fingerprint density at radius 2 is 2.33 bits per heavy atom. The van der Waals surface area contributed by atoms with Gasteiger partial charge in [-0.3, -0.25) is 0 Å². The number of nitrogens with zero attached hydrogens (tertiary/aromatic N) is 1. The molecule has 0 bridgehead atoms. The third kappa shape index (κ3) is 3.09. The fraction of sp³-hybridized carbons (Fsp3) is 0.571. The van der Waals surface area contributed by atoms with E-state index in [0.29, 0.717) is 11.1 Å². The van der Waals surface area contributed by atoms with Crippen molar-refractivity contribution >= 4 is 17.3 Å². The van der Waals surface area contributed by atoms with Gasteiger partial charge in [0, 0.05) is 30.9 Å². The Morgan fingerprint density at radius 1 is 1.50 bits per heavy atom. The maximum Gasteiger partial charge on any atom is 0.139 e. The average molecular weight is 269 g/mol. The van der Waals surface area contributed by atoms with Crippen LogP contribution in [0.5, 0.6) is 5.75 Å². The van der Waals surface area contributed by atoms with Gasteiger partial charge in [-0.1, -0.05) is 11.6 Å². The lowest BCUT2D eigenvalue weighted by molar-refractivity contribution is 0.415. The van der Waals surface area contributed by atoms with Gasteiger partial charge >= 0.3 is 0 Å². The van der Waals surface area contributed by atoms with Gasteiger partial charge in [-0.2, -0.15) is 0 Å². The predicted molar refractivity (Wildman–Crippen MR) is 76.9 cm³/mol. The Balaban J connectivity index is 2.10. The third-order valence-corrected chi connectivity index (χ3v) is 3.80. The van der Waals surface area contributed by atoms with E-state index in [2.05, 4.69) is 23.2 Å². The number of hydrogen-bond acceptors (Lipinski definition) is 3. The quantitative estimate of drug-likeness (QED) is 0.889. The van der Waals surface area contributed by atoms with E-state index >= 15 is 0 Å². The first-order valence-electron chi connectivity index (χ1n) is 6.56. The summed E-state index contributed by atoms with van der Waals surface area (Å²) in [6.07, 6.45) is 2.55. The van der Waals surface area contributed by atoms with Crippen molar-refractivity contribution in [2.75, 3.05) is 31.6 Å². The number of anilines is 1. The van der Waals surface area contributed by atoms with Crippen molar-refractivity contribution in [1.29, 1.82) is 0 Å². The minimum atomic E-state index is 0.603. The number of rotatable bonds is 5.